The molecule has 1 amide bonds. The molecular weight excluding hydrogens is 224 g/mol. The number of amides is 1. The summed E-state index contributed by atoms with van der Waals surface area (Å²) < 4.78 is 0. The first kappa shape index (κ1) is 11.3. The van der Waals surface area contributed by atoms with Crippen LogP contribution in [0.3, 0.4) is 0 Å². The summed E-state index contributed by atoms with van der Waals surface area (Å²) in [7, 11) is 0. The molecule has 1 fully saturated rings. The Hall–Kier alpha value is -2.15. The minimum absolute atomic E-state index is 0.0202. The SMILES string of the molecule is NC(=O)c1ccc([N+](=O)[O-])c(N2CC(N)C2)c1. The molecule has 1 saturated heterocycles. The van der Waals surface area contributed by atoms with Crippen molar-refractivity contribution in [2.45, 2.75) is 6.04 Å². The van der Waals surface area contributed by atoms with E-state index in [-0.39, 0.29) is 17.3 Å². The summed E-state index contributed by atoms with van der Waals surface area (Å²) in [6, 6.07) is 4.10. The minimum Gasteiger partial charge on any atom is -0.366 e. The topological polar surface area (TPSA) is 115 Å². The number of nitrogens with two attached hydrogens (primary N) is 2. The molecule has 0 aromatic heterocycles. The van der Waals surface area contributed by atoms with Crippen LogP contribution in [-0.4, -0.2) is 30.0 Å². The van der Waals surface area contributed by atoms with Crippen LogP contribution in [0.25, 0.3) is 0 Å². The van der Waals surface area contributed by atoms with E-state index >= 15 is 0 Å². The molecule has 0 aliphatic carbocycles. The third-order valence-electron chi connectivity index (χ3n) is 2.71. The third-order valence-corrected chi connectivity index (χ3v) is 2.71. The van der Waals surface area contributed by atoms with Gasteiger partial charge < -0.3 is 16.4 Å². The van der Waals surface area contributed by atoms with Crippen LogP contribution in [0.4, 0.5) is 11.4 Å². The highest BCUT2D eigenvalue weighted by Gasteiger charge is 2.29. The van der Waals surface area contributed by atoms with Gasteiger partial charge in [0.1, 0.15) is 5.69 Å². The molecule has 0 saturated carbocycles. The molecule has 7 heteroatoms. The van der Waals surface area contributed by atoms with E-state index in [4.69, 9.17) is 11.5 Å². The molecule has 7 nitrogen and oxygen atoms in total. The van der Waals surface area contributed by atoms with Crippen LogP contribution in [0.2, 0.25) is 0 Å². The lowest BCUT2D eigenvalue weighted by Gasteiger charge is -2.38. The Morgan fingerprint density at radius 1 is 1.47 bits per heavy atom. The van der Waals surface area contributed by atoms with E-state index in [0.29, 0.717) is 18.8 Å². The van der Waals surface area contributed by atoms with Crippen molar-refractivity contribution in [3.8, 4) is 0 Å². The van der Waals surface area contributed by atoms with Gasteiger partial charge in [0, 0.05) is 30.8 Å². The van der Waals surface area contributed by atoms with Gasteiger partial charge in [-0.3, -0.25) is 14.9 Å². The zero-order chi connectivity index (χ0) is 12.6. The Morgan fingerprint density at radius 3 is 2.59 bits per heavy atom. The van der Waals surface area contributed by atoms with Crippen molar-refractivity contribution in [2.24, 2.45) is 11.5 Å². The molecular formula is C10H12N4O3. The van der Waals surface area contributed by atoms with Crippen LogP contribution < -0.4 is 16.4 Å². The smallest absolute Gasteiger partial charge is 0.292 e. The number of carbonyl (C=O) groups is 1. The van der Waals surface area contributed by atoms with Gasteiger partial charge >= 0.3 is 0 Å². The van der Waals surface area contributed by atoms with Crippen molar-refractivity contribution >= 4 is 17.3 Å². The van der Waals surface area contributed by atoms with Crippen molar-refractivity contribution < 1.29 is 9.72 Å². The average molecular weight is 236 g/mol. The maximum absolute atomic E-state index is 11.0. The molecule has 0 spiro atoms. The number of anilines is 1. The summed E-state index contributed by atoms with van der Waals surface area (Å²) in [4.78, 5) is 23.2. The standard InChI is InChI=1S/C10H12N4O3/c11-7-4-13(5-7)9-3-6(10(12)15)1-2-8(9)14(16)17/h1-3,7H,4-5,11H2,(H2,12,15). The molecule has 1 aliphatic heterocycles. The maximum Gasteiger partial charge on any atom is 0.292 e. The Bertz CT molecular complexity index is 482. The van der Waals surface area contributed by atoms with Gasteiger partial charge in [0.2, 0.25) is 5.91 Å². The molecule has 90 valence electrons. The van der Waals surface area contributed by atoms with Crippen molar-refractivity contribution in [3.05, 3.63) is 33.9 Å². The van der Waals surface area contributed by atoms with Crippen molar-refractivity contribution in [1.82, 2.24) is 0 Å². The van der Waals surface area contributed by atoms with Gasteiger partial charge in [-0.25, -0.2) is 0 Å². The monoisotopic (exact) mass is 236 g/mol. The first-order valence-corrected chi connectivity index (χ1v) is 5.08. The zero-order valence-electron chi connectivity index (χ0n) is 9.00. The number of carbonyl (C=O) groups excluding carboxylic acids is 1. The lowest BCUT2D eigenvalue weighted by atomic mass is 10.1. The van der Waals surface area contributed by atoms with Crippen LogP contribution in [0.15, 0.2) is 18.2 Å². The number of hydrogen-bond donors (Lipinski definition) is 2. The van der Waals surface area contributed by atoms with E-state index in [1.165, 1.54) is 18.2 Å². The summed E-state index contributed by atoms with van der Waals surface area (Å²) in [5.74, 6) is -0.606. The van der Waals surface area contributed by atoms with E-state index in [9.17, 15) is 14.9 Å². The molecule has 1 aromatic carbocycles. The number of nitrogens with zero attached hydrogens (tertiary/aromatic N) is 2. The van der Waals surface area contributed by atoms with Crippen molar-refractivity contribution in [3.63, 3.8) is 0 Å². The van der Waals surface area contributed by atoms with Crippen LogP contribution in [0.5, 0.6) is 0 Å². The highest BCUT2D eigenvalue weighted by molar-refractivity contribution is 5.94. The summed E-state index contributed by atoms with van der Waals surface area (Å²) in [5, 5.41) is 10.9. The molecule has 2 rings (SSSR count). The predicted octanol–water partition coefficient (Wildman–Crippen LogP) is -0.159. The van der Waals surface area contributed by atoms with Crippen molar-refractivity contribution in [1.29, 1.82) is 0 Å². The number of rotatable bonds is 3. The molecule has 0 radical (unpaired) electrons. The van der Waals surface area contributed by atoms with Gasteiger partial charge in [0.15, 0.2) is 0 Å². The highest BCUT2D eigenvalue weighted by atomic mass is 16.6. The molecule has 0 unspecified atom stereocenters. The van der Waals surface area contributed by atoms with Crippen LogP contribution >= 0.6 is 0 Å². The summed E-state index contributed by atoms with van der Waals surface area (Å²) in [5.41, 5.74) is 11.4. The average Bonchev–Trinajstić information content (AvgIpc) is 2.23. The summed E-state index contributed by atoms with van der Waals surface area (Å²) in [6.45, 7) is 1.09. The molecule has 1 aromatic rings. The highest BCUT2D eigenvalue weighted by Crippen LogP contribution is 2.31. The van der Waals surface area contributed by atoms with Crippen LogP contribution in [0.1, 0.15) is 10.4 Å². The number of primary amides is 1. The Kier molecular flexibility index (Phi) is 2.68. The quantitative estimate of drug-likeness (QED) is 0.558. The van der Waals surface area contributed by atoms with E-state index in [2.05, 4.69) is 0 Å². The van der Waals surface area contributed by atoms with E-state index in [1.807, 2.05) is 0 Å². The van der Waals surface area contributed by atoms with Gasteiger partial charge in [-0.05, 0) is 12.1 Å². The molecule has 4 N–H and O–H groups in total. The molecule has 1 heterocycles. The maximum atomic E-state index is 11.0. The number of hydrogen-bond acceptors (Lipinski definition) is 5. The van der Waals surface area contributed by atoms with E-state index in [0.717, 1.165) is 0 Å². The first-order valence-electron chi connectivity index (χ1n) is 5.08. The molecule has 0 atom stereocenters. The van der Waals surface area contributed by atoms with E-state index in [1.54, 1.807) is 4.90 Å². The van der Waals surface area contributed by atoms with Crippen LogP contribution in [0, 0.1) is 10.1 Å². The number of nitro groups is 1. The number of benzene rings is 1. The van der Waals surface area contributed by atoms with Gasteiger partial charge in [-0.1, -0.05) is 0 Å². The second-order valence-electron chi connectivity index (χ2n) is 3.99. The fourth-order valence-corrected chi connectivity index (χ4v) is 1.79. The van der Waals surface area contributed by atoms with Crippen molar-refractivity contribution in [2.75, 3.05) is 18.0 Å². The van der Waals surface area contributed by atoms with Gasteiger partial charge in [0.05, 0.1) is 4.92 Å². The first-order chi connectivity index (χ1) is 7.99. The fraction of sp³-hybridized carbons (Fsp3) is 0.300. The van der Waals surface area contributed by atoms with Gasteiger partial charge in [-0.15, -0.1) is 0 Å². The minimum atomic E-state index is -0.606. The normalized spacial score (nSPS) is 15.5. The molecule has 1 aliphatic rings. The van der Waals surface area contributed by atoms with Gasteiger partial charge in [0.25, 0.3) is 5.69 Å². The van der Waals surface area contributed by atoms with E-state index < -0.39 is 10.8 Å². The zero-order valence-corrected chi connectivity index (χ0v) is 9.00. The fourth-order valence-electron chi connectivity index (χ4n) is 1.79. The van der Waals surface area contributed by atoms with Crippen LogP contribution in [-0.2, 0) is 0 Å². The lowest BCUT2D eigenvalue weighted by Crippen LogP contribution is -2.56. The lowest BCUT2D eigenvalue weighted by molar-refractivity contribution is -0.384. The second-order valence-corrected chi connectivity index (χ2v) is 3.99. The largest absolute Gasteiger partial charge is 0.366 e. The number of nitro benzene ring substituents is 1. The molecule has 17 heavy (non-hydrogen) atoms. The second kappa shape index (κ2) is 4.02. The molecule has 0 bridgehead atoms. The predicted molar refractivity (Wildman–Crippen MR) is 61.8 cm³/mol. The Labute approximate surface area is 97.1 Å². The third kappa shape index (κ3) is 2.04. The summed E-state index contributed by atoms with van der Waals surface area (Å²) >= 11 is 0. The Balaban J connectivity index is 2.41. The summed E-state index contributed by atoms with van der Waals surface area (Å²) in [6.07, 6.45) is 0. The Morgan fingerprint density at radius 2 is 2.12 bits per heavy atom. The van der Waals surface area contributed by atoms with Gasteiger partial charge in [-0.2, -0.15) is 0 Å².